The molecule has 168 valence electrons. The normalized spacial score (nSPS) is 11.2. The first-order chi connectivity index (χ1) is 13.5. The molecule has 29 heavy (non-hydrogen) atoms. The van der Waals surface area contributed by atoms with Crippen molar-refractivity contribution in [2.75, 3.05) is 0 Å². The van der Waals surface area contributed by atoms with Crippen molar-refractivity contribution in [1.82, 2.24) is 0 Å². The van der Waals surface area contributed by atoms with Gasteiger partial charge in [0.15, 0.2) is 5.41 Å². The van der Waals surface area contributed by atoms with E-state index in [2.05, 4.69) is 13.8 Å². The van der Waals surface area contributed by atoms with E-state index in [0.717, 1.165) is 25.7 Å². The number of hydrogen-bond donors (Lipinski definition) is 2. The topological polar surface area (TPSA) is 74.6 Å². The number of unbranched alkanes of at least 4 members (excludes halogenated alkanes) is 15. The van der Waals surface area contributed by atoms with Gasteiger partial charge in [-0.25, -0.2) is 0 Å². The zero-order valence-electron chi connectivity index (χ0n) is 18.6. The van der Waals surface area contributed by atoms with Crippen LogP contribution in [-0.2, 0) is 9.59 Å². The summed E-state index contributed by atoms with van der Waals surface area (Å²) < 4.78 is 0. The molecule has 0 rings (SSSR count). The second-order valence-corrected chi connectivity index (χ2v) is 8.50. The van der Waals surface area contributed by atoms with Gasteiger partial charge in [0.25, 0.3) is 0 Å². The molecule has 0 spiro atoms. The first kappa shape index (κ1) is 31.8. The molecule has 0 aliphatic rings. The summed E-state index contributed by atoms with van der Waals surface area (Å²) in [7, 11) is 0. The summed E-state index contributed by atoms with van der Waals surface area (Å²) in [6, 6.07) is 0. The van der Waals surface area contributed by atoms with Crippen molar-refractivity contribution < 1.29 is 19.8 Å². The van der Waals surface area contributed by atoms with E-state index in [9.17, 15) is 19.8 Å². The van der Waals surface area contributed by atoms with E-state index in [1.54, 1.807) is 0 Å². The summed E-state index contributed by atoms with van der Waals surface area (Å²) in [5.41, 5.74) is -1.58. The molecule has 5 heteroatoms. The number of hydrogen-bond acceptors (Lipinski definition) is 2. The number of rotatable bonds is 21. The zero-order chi connectivity index (χ0) is 21.1. The summed E-state index contributed by atoms with van der Waals surface area (Å²) in [4.78, 5) is 23.6. The van der Waals surface area contributed by atoms with Gasteiger partial charge in [-0.1, -0.05) is 123 Å². The van der Waals surface area contributed by atoms with Crippen LogP contribution < -0.4 is 0 Å². The summed E-state index contributed by atoms with van der Waals surface area (Å²) in [5.74, 6) is -2.30. The minimum atomic E-state index is -1.58. The predicted molar refractivity (Wildman–Crippen MR) is 124 cm³/mol. The molecule has 0 aromatic rings. The fourth-order valence-corrected chi connectivity index (χ4v) is 3.94. The van der Waals surface area contributed by atoms with Crippen molar-refractivity contribution in [2.45, 2.75) is 136 Å². The number of aliphatic carboxylic acids is 2. The Balaban J connectivity index is 0. The molecule has 0 bridgehead atoms. The molecular formula is C24H47KO4. The van der Waals surface area contributed by atoms with E-state index >= 15 is 0 Å². The Bertz CT molecular complexity index is 384. The SMILES string of the molecule is CCCCCCCCCCCCC(CCCCCCCCC)(C(=O)O)C(=O)O.[KH]. The second kappa shape index (κ2) is 21.8. The summed E-state index contributed by atoms with van der Waals surface area (Å²) in [5, 5.41) is 19.3. The van der Waals surface area contributed by atoms with Crippen LogP contribution in [0, 0.1) is 5.41 Å². The summed E-state index contributed by atoms with van der Waals surface area (Å²) >= 11 is 0. The van der Waals surface area contributed by atoms with Crippen LogP contribution >= 0.6 is 0 Å². The van der Waals surface area contributed by atoms with Gasteiger partial charge < -0.3 is 10.2 Å². The molecule has 0 unspecified atom stereocenters. The van der Waals surface area contributed by atoms with Crippen molar-refractivity contribution in [3.63, 3.8) is 0 Å². The molecule has 0 aliphatic heterocycles. The van der Waals surface area contributed by atoms with Gasteiger partial charge in [-0.05, 0) is 12.8 Å². The van der Waals surface area contributed by atoms with Gasteiger partial charge in [0.2, 0.25) is 0 Å². The minimum absolute atomic E-state index is 0. The Hall–Kier alpha value is 0.576. The quantitative estimate of drug-likeness (QED) is 0.116. The van der Waals surface area contributed by atoms with Crippen molar-refractivity contribution >= 4 is 63.3 Å². The molecule has 0 aromatic carbocycles. The Morgan fingerprint density at radius 1 is 0.517 bits per heavy atom. The Labute approximate surface area is 222 Å². The monoisotopic (exact) mass is 438 g/mol. The van der Waals surface area contributed by atoms with Crippen molar-refractivity contribution in [1.29, 1.82) is 0 Å². The van der Waals surface area contributed by atoms with Crippen molar-refractivity contribution in [3.05, 3.63) is 0 Å². The molecule has 0 amide bonds. The van der Waals surface area contributed by atoms with Crippen LogP contribution in [0.25, 0.3) is 0 Å². The number of carbonyl (C=O) groups is 2. The van der Waals surface area contributed by atoms with Crippen LogP contribution in [0.15, 0.2) is 0 Å². The molecule has 0 atom stereocenters. The second-order valence-electron chi connectivity index (χ2n) is 8.50. The summed E-state index contributed by atoms with van der Waals surface area (Å²) in [6.07, 6.45) is 19.7. The maximum absolute atomic E-state index is 11.8. The van der Waals surface area contributed by atoms with Gasteiger partial charge in [0.1, 0.15) is 0 Å². The molecule has 0 aromatic heterocycles. The van der Waals surface area contributed by atoms with Crippen LogP contribution in [0.5, 0.6) is 0 Å². The Kier molecular flexibility index (Phi) is 23.9. The van der Waals surface area contributed by atoms with Crippen molar-refractivity contribution in [2.24, 2.45) is 5.41 Å². The fraction of sp³-hybridized carbons (Fsp3) is 0.917. The number of carboxylic acids is 2. The van der Waals surface area contributed by atoms with E-state index in [0.29, 0.717) is 12.8 Å². The Morgan fingerprint density at radius 3 is 1.00 bits per heavy atom. The summed E-state index contributed by atoms with van der Waals surface area (Å²) in [6.45, 7) is 4.41. The van der Waals surface area contributed by atoms with E-state index in [1.165, 1.54) is 70.6 Å². The van der Waals surface area contributed by atoms with Gasteiger partial charge in [0, 0.05) is 0 Å². The molecule has 4 nitrogen and oxygen atoms in total. The molecule has 0 radical (unpaired) electrons. The average Bonchev–Trinajstić information content (AvgIpc) is 2.66. The van der Waals surface area contributed by atoms with Gasteiger partial charge in [0.05, 0.1) is 0 Å². The first-order valence-electron chi connectivity index (χ1n) is 12.0. The van der Waals surface area contributed by atoms with Crippen LogP contribution in [0.1, 0.15) is 136 Å². The van der Waals surface area contributed by atoms with E-state index in [4.69, 9.17) is 0 Å². The zero-order valence-corrected chi connectivity index (χ0v) is 18.6. The fourth-order valence-electron chi connectivity index (χ4n) is 3.94. The first-order valence-corrected chi connectivity index (χ1v) is 12.0. The van der Waals surface area contributed by atoms with Crippen LogP contribution in [0.3, 0.4) is 0 Å². The molecule has 0 saturated carbocycles. The predicted octanol–water partition coefficient (Wildman–Crippen LogP) is 6.95. The maximum atomic E-state index is 11.8. The third kappa shape index (κ3) is 15.9. The molecule has 0 aliphatic carbocycles. The third-order valence-corrected chi connectivity index (χ3v) is 5.98. The standard InChI is InChI=1S/C24H46O4.K.H/c1-3-5-7-9-11-12-13-15-17-19-21-24(22(25)26,23(27)28)20-18-16-14-10-8-6-4-2;;/h3-21H2,1-2H3,(H,25,26)(H,27,28);;. The van der Waals surface area contributed by atoms with E-state index < -0.39 is 17.4 Å². The molecule has 0 fully saturated rings. The van der Waals surface area contributed by atoms with Crippen LogP contribution in [-0.4, -0.2) is 73.5 Å². The third-order valence-electron chi connectivity index (χ3n) is 5.98. The van der Waals surface area contributed by atoms with Gasteiger partial charge in [-0.15, -0.1) is 0 Å². The van der Waals surface area contributed by atoms with E-state index in [-0.39, 0.29) is 64.2 Å². The van der Waals surface area contributed by atoms with E-state index in [1.807, 2.05) is 0 Å². The molecule has 0 heterocycles. The van der Waals surface area contributed by atoms with Crippen LogP contribution in [0.4, 0.5) is 0 Å². The van der Waals surface area contributed by atoms with Gasteiger partial charge >= 0.3 is 63.3 Å². The number of carboxylic acid groups (broad SMARTS) is 2. The van der Waals surface area contributed by atoms with Gasteiger partial charge in [-0.3, -0.25) is 9.59 Å². The Morgan fingerprint density at radius 2 is 0.759 bits per heavy atom. The average molecular weight is 439 g/mol. The molecule has 2 N–H and O–H groups in total. The van der Waals surface area contributed by atoms with Gasteiger partial charge in [-0.2, -0.15) is 0 Å². The van der Waals surface area contributed by atoms with Crippen LogP contribution in [0.2, 0.25) is 0 Å². The van der Waals surface area contributed by atoms with Crippen molar-refractivity contribution in [3.8, 4) is 0 Å². The molecule has 0 saturated heterocycles. The molecular weight excluding hydrogens is 391 g/mol.